The van der Waals surface area contributed by atoms with Crippen molar-refractivity contribution in [1.29, 1.82) is 0 Å². The zero-order chi connectivity index (χ0) is 10.6. The first-order valence-corrected chi connectivity index (χ1v) is 4.72. The third kappa shape index (κ3) is 3.73. The predicted molar refractivity (Wildman–Crippen MR) is 54.9 cm³/mol. The molecule has 0 aliphatic carbocycles. The Bertz CT molecular complexity index is 274. The van der Waals surface area contributed by atoms with Gasteiger partial charge < -0.3 is 5.32 Å². The van der Waals surface area contributed by atoms with Gasteiger partial charge in [-0.1, -0.05) is 12.1 Å². The molecular formula is C11H15F2N. The van der Waals surface area contributed by atoms with Crippen LogP contribution in [0.2, 0.25) is 0 Å². The first-order chi connectivity index (χ1) is 6.51. The van der Waals surface area contributed by atoms with Gasteiger partial charge in [-0.25, -0.2) is 8.78 Å². The highest BCUT2D eigenvalue weighted by atomic mass is 19.3. The van der Waals surface area contributed by atoms with E-state index in [2.05, 4.69) is 5.32 Å². The summed E-state index contributed by atoms with van der Waals surface area (Å²) in [6.07, 6.45) is -0.195. The second kappa shape index (κ2) is 4.40. The average molecular weight is 199 g/mol. The van der Waals surface area contributed by atoms with Gasteiger partial charge in [-0.3, -0.25) is 0 Å². The summed E-state index contributed by atoms with van der Waals surface area (Å²) in [6, 6.07) is 7.11. The Balaban J connectivity index is 2.64. The first kappa shape index (κ1) is 11.0. The van der Waals surface area contributed by atoms with Gasteiger partial charge in [0, 0.05) is 18.7 Å². The van der Waals surface area contributed by atoms with Crippen molar-refractivity contribution >= 4 is 5.69 Å². The molecule has 0 atom stereocenters. The van der Waals surface area contributed by atoms with Gasteiger partial charge in [0.1, 0.15) is 0 Å². The number of hydrogen-bond donors (Lipinski definition) is 1. The van der Waals surface area contributed by atoms with Crippen LogP contribution in [0, 0.1) is 0 Å². The lowest BCUT2D eigenvalue weighted by atomic mass is 10.1. The summed E-state index contributed by atoms with van der Waals surface area (Å²) < 4.78 is 25.3. The number of benzene rings is 1. The number of anilines is 1. The monoisotopic (exact) mass is 199 g/mol. The number of nitrogens with one attached hydrogen (secondary N) is 1. The minimum atomic E-state index is -2.63. The quantitative estimate of drug-likeness (QED) is 0.784. The lowest BCUT2D eigenvalue weighted by Crippen LogP contribution is -2.13. The zero-order valence-corrected chi connectivity index (χ0v) is 8.48. The van der Waals surface area contributed by atoms with Gasteiger partial charge in [0.2, 0.25) is 5.92 Å². The van der Waals surface area contributed by atoms with E-state index in [1.807, 2.05) is 19.1 Å². The maximum Gasteiger partial charge on any atom is 0.249 e. The molecule has 0 aliphatic rings. The normalized spacial score (nSPS) is 11.4. The van der Waals surface area contributed by atoms with E-state index in [1.54, 1.807) is 12.1 Å². The van der Waals surface area contributed by atoms with Crippen LogP contribution in [0.15, 0.2) is 24.3 Å². The molecule has 0 radical (unpaired) electrons. The van der Waals surface area contributed by atoms with E-state index in [4.69, 9.17) is 0 Å². The topological polar surface area (TPSA) is 12.0 Å². The van der Waals surface area contributed by atoms with Crippen molar-refractivity contribution in [3.8, 4) is 0 Å². The van der Waals surface area contributed by atoms with E-state index in [1.165, 1.54) is 0 Å². The van der Waals surface area contributed by atoms with Crippen LogP contribution in [0.5, 0.6) is 0 Å². The molecule has 0 aliphatic heterocycles. The highest BCUT2D eigenvalue weighted by Crippen LogP contribution is 2.20. The molecule has 0 spiro atoms. The molecule has 78 valence electrons. The maximum atomic E-state index is 12.6. The van der Waals surface area contributed by atoms with Gasteiger partial charge >= 0.3 is 0 Å². The summed E-state index contributed by atoms with van der Waals surface area (Å²) in [7, 11) is 0. The van der Waals surface area contributed by atoms with Crippen molar-refractivity contribution in [3.05, 3.63) is 29.8 Å². The third-order valence-electron chi connectivity index (χ3n) is 1.85. The van der Waals surface area contributed by atoms with Crippen LogP contribution in [0.3, 0.4) is 0 Å². The van der Waals surface area contributed by atoms with Gasteiger partial charge in [-0.05, 0) is 31.5 Å². The third-order valence-corrected chi connectivity index (χ3v) is 1.85. The van der Waals surface area contributed by atoms with Gasteiger partial charge in [0.05, 0.1) is 0 Å². The summed E-state index contributed by atoms with van der Waals surface area (Å²) >= 11 is 0. The molecule has 1 N–H and O–H groups in total. The second-order valence-corrected chi connectivity index (χ2v) is 3.47. The summed E-state index contributed by atoms with van der Waals surface area (Å²) in [5.74, 6) is -2.63. The van der Waals surface area contributed by atoms with Crippen molar-refractivity contribution in [3.63, 3.8) is 0 Å². The molecule has 0 fully saturated rings. The molecule has 0 amide bonds. The number of hydrogen-bond acceptors (Lipinski definition) is 1. The molecule has 1 aromatic rings. The number of halogens is 2. The van der Waals surface area contributed by atoms with Gasteiger partial charge in [-0.15, -0.1) is 0 Å². The van der Waals surface area contributed by atoms with Gasteiger partial charge in [0.15, 0.2) is 0 Å². The molecule has 14 heavy (non-hydrogen) atoms. The minimum absolute atomic E-state index is 0.195. The zero-order valence-electron chi connectivity index (χ0n) is 8.48. The van der Waals surface area contributed by atoms with E-state index in [9.17, 15) is 8.78 Å². The highest BCUT2D eigenvalue weighted by Gasteiger charge is 2.21. The Hall–Kier alpha value is -1.12. The molecule has 0 unspecified atom stereocenters. The largest absolute Gasteiger partial charge is 0.385 e. The van der Waals surface area contributed by atoms with Crippen LogP contribution in [0.25, 0.3) is 0 Å². The van der Waals surface area contributed by atoms with Gasteiger partial charge in [-0.2, -0.15) is 0 Å². The molecular weight excluding hydrogens is 184 g/mol. The van der Waals surface area contributed by atoms with E-state index in [0.29, 0.717) is 5.56 Å². The van der Waals surface area contributed by atoms with Gasteiger partial charge in [0.25, 0.3) is 0 Å². The summed E-state index contributed by atoms with van der Waals surface area (Å²) in [4.78, 5) is 0. The van der Waals surface area contributed by atoms with Crippen LogP contribution in [0.4, 0.5) is 14.5 Å². The molecule has 1 nitrogen and oxygen atoms in total. The van der Waals surface area contributed by atoms with Crippen LogP contribution in [-0.2, 0) is 6.42 Å². The van der Waals surface area contributed by atoms with E-state index < -0.39 is 5.92 Å². The lowest BCUT2D eigenvalue weighted by Gasteiger charge is -2.10. The Morgan fingerprint density at radius 1 is 1.21 bits per heavy atom. The molecule has 0 aromatic heterocycles. The first-order valence-electron chi connectivity index (χ1n) is 4.72. The van der Waals surface area contributed by atoms with E-state index in [0.717, 1.165) is 19.2 Å². The fourth-order valence-corrected chi connectivity index (χ4v) is 1.30. The summed E-state index contributed by atoms with van der Waals surface area (Å²) in [5, 5.41) is 3.11. The molecule has 0 heterocycles. The standard InChI is InChI=1S/C11H15F2N/c1-3-14-10-6-4-9(5-7-10)8-11(2,12)13/h4-7,14H,3,8H2,1-2H3. The fraction of sp³-hybridized carbons (Fsp3) is 0.455. The molecule has 0 saturated carbocycles. The van der Waals surface area contributed by atoms with E-state index in [-0.39, 0.29) is 6.42 Å². The minimum Gasteiger partial charge on any atom is -0.385 e. The molecule has 0 bridgehead atoms. The number of alkyl halides is 2. The molecule has 0 saturated heterocycles. The number of rotatable bonds is 4. The Morgan fingerprint density at radius 3 is 2.21 bits per heavy atom. The van der Waals surface area contributed by atoms with E-state index >= 15 is 0 Å². The fourth-order valence-electron chi connectivity index (χ4n) is 1.30. The van der Waals surface area contributed by atoms with Crippen molar-refractivity contribution in [2.45, 2.75) is 26.2 Å². The SMILES string of the molecule is CCNc1ccc(CC(C)(F)F)cc1. The van der Waals surface area contributed by atoms with Crippen molar-refractivity contribution in [2.75, 3.05) is 11.9 Å². The Labute approximate surface area is 83.1 Å². The Morgan fingerprint density at radius 2 is 1.79 bits per heavy atom. The summed E-state index contributed by atoms with van der Waals surface area (Å²) in [6.45, 7) is 3.77. The lowest BCUT2D eigenvalue weighted by molar-refractivity contribution is 0.0226. The van der Waals surface area contributed by atoms with Crippen molar-refractivity contribution in [1.82, 2.24) is 0 Å². The predicted octanol–water partition coefficient (Wildman–Crippen LogP) is 3.32. The van der Waals surface area contributed by atoms with Crippen LogP contribution in [-0.4, -0.2) is 12.5 Å². The summed E-state index contributed by atoms with van der Waals surface area (Å²) in [5.41, 5.74) is 1.63. The van der Waals surface area contributed by atoms with Crippen LogP contribution in [0.1, 0.15) is 19.4 Å². The highest BCUT2D eigenvalue weighted by molar-refractivity contribution is 5.44. The van der Waals surface area contributed by atoms with Crippen molar-refractivity contribution in [2.24, 2.45) is 0 Å². The Kier molecular flexibility index (Phi) is 3.44. The average Bonchev–Trinajstić information content (AvgIpc) is 2.06. The van der Waals surface area contributed by atoms with Crippen LogP contribution < -0.4 is 5.32 Å². The molecule has 3 heteroatoms. The smallest absolute Gasteiger partial charge is 0.249 e. The maximum absolute atomic E-state index is 12.6. The van der Waals surface area contributed by atoms with Crippen LogP contribution >= 0.6 is 0 Å². The molecule has 1 rings (SSSR count). The second-order valence-electron chi connectivity index (χ2n) is 3.47. The van der Waals surface area contributed by atoms with Crippen molar-refractivity contribution < 1.29 is 8.78 Å². The molecule has 1 aromatic carbocycles.